The van der Waals surface area contributed by atoms with Crippen molar-refractivity contribution in [3.8, 4) is 0 Å². The lowest BCUT2D eigenvalue weighted by molar-refractivity contribution is -0.140. The van der Waals surface area contributed by atoms with E-state index in [0.29, 0.717) is 12.2 Å². The normalized spacial score (nSPS) is 12.8. The van der Waals surface area contributed by atoms with E-state index in [2.05, 4.69) is 30.2 Å². The van der Waals surface area contributed by atoms with Gasteiger partial charge in [-0.2, -0.15) is 12.6 Å². The predicted octanol–water partition coefficient (Wildman–Crippen LogP) is 6.91. The van der Waals surface area contributed by atoms with Crippen LogP contribution in [0.25, 0.3) is 0 Å². The highest BCUT2D eigenvalue weighted by atomic mass is 32.1. The predicted molar refractivity (Wildman–Crippen MR) is 166 cm³/mol. The number of rotatable bonds is 13. The molecule has 40 heavy (non-hydrogen) atoms. The van der Waals surface area contributed by atoms with Gasteiger partial charge in [0.1, 0.15) is 17.7 Å². The Morgan fingerprint density at radius 3 is 2.20 bits per heavy atom. The highest BCUT2D eigenvalue weighted by Crippen LogP contribution is 2.29. The molecule has 2 unspecified atom stereocenters. The molecule has 2 N–H and O–H groups in total. The Morgan fingerprint density at radius 1 is 0.925 bits per heavy atom. The minimum Gasteiger partial charge on any atom is -0.444 e. The lowest BCUT2D eigenvalue weighted by Crippen LogP contribution is -2.53. The zero-order chi connectivity index (χ0) is 29.9. The van der Waals surface area contributed by atoms with Crippen molar-refractivity contribution in [1.82, 2.24) is 10.2 Å². The number of unbranched alkanes of at least 4 members (excludes halogenated alkanes) is 4. The molecule has 2 aromatic carbocycles. The average molecular weight is 570 g/mol. The summed E-state index contributed by atoms with van der Waals surface area (Å²) in [7, 11) is 0. The number of alkyl carbamates (subject to hydrolysis) is 1. The van der Waals surface area contributed by atoms with Gasteiger partial charge in [-0.25, -0.2) is 4.79 Å². The molecule has 0 aliphatic rings. The van der Waals surface area contributed by atoms with Gasteiger partial charge in [0, 0.05) is 18.0 Å². The molecule has 220 valence electrons. The van der Waals surface area contributed by atoms with Crippen LogP contribution in [-0.4, -0.2) is 46.7 Å². The zero-order valence-corrected chi connectivity index (χ0v) is 26.1. The summed E-state index contributed by atoms with van der Waals surface area (Å²) in [6.45, 7) is 13.7. The third-order valence-corrected chi connectivity index (χ3v) is 7.23. The maximum atomic E-state index is 14.2. The number of ether oxygens (including phenoxy) is 1. The van der Waals surface area contributed by atoms with Gasteiger partial charge in [0.05, 0.1) is 0 Å². The number of aryl methyl sites for hydroxylation is 2. The summed E-state index contributed by atoms with van der Waals surface area (Å²) in [5.41, 5.74) is 3.62. The third kappa shape index (κ3) is 9.88. The summed E-state index contributed by atoms with van der Waals surface area (Å²) in [6, 6.07) is 11.5. The van der Waals surface area contributed by atoms with Crippen LogP contribution < -0.4 is 10.6 Å². The monoisotopic (exact) mass is 569 g/mol. The molecule has 2 atom stereocenters. The Bertz CT molecular complexity index is 1150. The van der Waals surface area contributed by atoms with E-state index < -0.39 is 23.8 Å². The lowest BCUT2D eigenvalue weighted by atomic mass is 9.94. The molecule has 0 aromatic heterocycles. The third-order valence-electron chi connectivity index (χ3n) is 6.86. The first-order chi connectivity index (χ1) is 18.9. The second-order valence-electron chi connectivity index (χ2n) is 11.3. The fourth-order valence-corrected chi connectivity index (χ4v) is 4.77. The number of nitrogens with zero attached hydrogens (tertiary/aromatic N) is 1. The van der Waals surface area contributed by atoms with E-state index in [0.717, 1.165) is 54.4 Å². The molecule has 0 heterocycles. The van der Waals surface area contributed by atoms with Crippen LogP contribution in [0.1, 0.15) is 88.1 Å². The van der Waals surface area contributed by atoms with E-state index in [4.69, 9.17) is 4.74 Å². The summed E-state index contributed by atoms with van der Waals surface area (Å²) < 4.78 is 5.41. The zero-order valence-electron chi connectivity index (χ0n) is 25.2. The average Bonchev–Trinajstić information content (AvgIpc) is 2.88. The van der Waals surface area contributed by atoms with Crippen LogP contribution in [0, 0.1) is 20.8 Å². The minimum absolute atomic E-state index is 0.0589. The summed E-state index contributed by atoms with van der Waals surface area (Å²) in [6.07, 6.45) is 4.23. The second kappa shape index (κ2) is 15.7. The van der Waals surface area contributed by atoms with Crippen molar-refractivity contribution in [3.63, 3.8) is 0 Å². The van der Waals surface area contributed by atoms with Crippen molar-refractivity contribution < 1.29 is 19.1 Å². The molecule has 7 nitrogen and oxygen atoms in total. The molecule has 0 spiro atoms. The van der Waals surface area contributed by atoms with Gasteiger partial charge in [0.15, 0.2) is 0 Å². The maximum absolute atomic E-state index is 14.2. The summed E-state index contributed by atoms with van der Waals surface area (Å²) >= 11 is 4.39. The molecule has 2 rings (SSSR count). The standard InChI is InChI=1S/C32H47N3O4S/c1-8-9-10-11-14-20-35(30(37)27(21-40)34-31(38)39-32(5,6)7)28(25-18-15-17-22(2)24(25)4)29(36)33-26-19-13-12-16-23(26)3/h12-13,15-19,27-28,40H,8-11,14,20-21H2,1-7H3,(H,33,36)(H,34,38). The number of benzene rings is 2. The van der Waals surface area contributed by atoms with E-state index >= 15 is 0 Å². The van der Waals surface area contributed by atoms with Gasteiger partial charge < -0.3 is 20.3 Å². The van der Waals surface area contributed by atoms with Crippen LogP contribution in [0.15, 0.2) is 42.5 Å². The summed E-state index contributed by atoms with van der Waals surface area (Å²) in [5, 5.41) is 5.75. The number of carbonyl (C=O) groups is 3. The topological polar surface area (TPSA) is 87.7 Å². The Labute approximate surface area is 245 Å². The van der Waals surface area contributed by atoms with Crippen LogP contribution in [0.4, 0.5) is 10.5 Å². The first-order valence-electron chi connectivity index (χ1n) is 14.2. The maximum Gasteiger partial charge on any atom is 0.408 e. The molecule has 0 saturated carbocycles. The molecule has 0 radical (unpaired) electrons. The number of amides is 3. The molecule has 2 aromatic rings. The Hall–Kier alpha value is -3.00. The van der Waals surface area contributed by atoms with Crippen LogP contribution in [0.2, 0.25) is 0 Å². The SMILES string of the molecule is CCCCCCCN(C(=O)C(CS)NC(=O)OC(C)(C)C)C(C(=O)Nc1ccccc1C)c1cccc(C)c1C. The molecule has 0 fully saturated rings. The van der Waals surface area contributed by atoms with Crippen molar-refractivity contribution in [2.24, 2.45) is 0 Å². The van der Waals surface area contributed by atoms with Crippen molar-refractivity contribution in [1.29, 1.82) is 0 Å². The number of carbonyl (C=O) groups excluding carboxylic acids is 3. The molecular weight excluding hydrogens is 522 g/mol. The molecule has 8 heteroatoms. The number of thiol groups is 1. The minimum atomic E-state index is -0.965. The van der Waals surface area contributed by atoms with E-state index in [-0.39, 0.29) is 17.6 Å². The highest BCUT2D eigenvalue weighted by Gasteiger charge is 2.36. The number of hydrogen-bond acceptors (Lipinski definition) is 5. The first kappa shape index (κ1) is 33.2. The Kier molecular flexibility index (Phi) is 13.0. The Balaban J connectivity index is 2.53. The van der Waals surface area contributed by atoms with Gasteiger partial charge >= 0.3 is 6.09 Å². The van der Waals surface area contributed by atoms with E-state index in [1.807, 2.05) is 63.2 Å². The van der Waals surface area contributed by atoms with Crippen LogP contribution in [0.3, 0.4) is 0 Å². The van der Waals surface area contributed by atoms with Gasteiger partial charge in [-0.1, -0.05) is 69.0 Å². The number of anilines is 1. The molecule has 3 amide bonds. The Morgan fingerprint density at radius 2 is 1.57 bits per heavy atom. The molecule has 0 saturated heterocycles. The number of hydrogen-bond donors (Lipinski definition) is 3. The van der Waals surface area contributed by atoms with Crippen LogP contribution in [-0.2, 0) is 14.3 Å². The van der Waals surface area contributed by atoms with Gasteiger partial charge in [-0.3, -0.25) is 9.59 Å². The largest absolute Gasteiger partial charge is 0.444 e. The fourth-order valence-electron chi connectivity index (χ4n) is 4.52. The second-order valence-corrected chi connectivity index (χ2v) is 11.7. The van der Waals surface area contributed by atoms with Gasteiger partial charge in [-0.05, 0) is 76.3 Å². The molecule has 0 aliphatic carbocycles. The van der Waals surface area contributed by atoms with Crippen molar-refractivity contribution in [2.45, 2.75) is 98.3 Å². The van der Waals surface area contributed by atoms with Gasteiger partial charge in [0.25, 0.3) is 5.91 Å². The van der Waals surface area contributed by atoms with E-state index in [9.17, 15) is 14.4 Å². The van der Waals surface area contributed by atoms with Crippen LogP contribution in [0.5, 0.6) is 0 Å². The number of nitrogens with one attached hydrogen (secondary N) is 2. The quantitative estimate of drug-likeness (QED) is 0.181. The van der Waals surface area contributed by atoms with E-state index in [1.165, 1.54) is 0 Å². The lowest BCUT2D eigenvalue weighted by Gasteiger charge is -2.35. The molecule has 0 aliphatic heterocycles. The van der Waals surface area contributed by atoms with E-state index in [1.54, 1.807) is 25.7 Å². The van der Waals surface area contributed by atoms with Crippen LogP contribution >= 0.6 is 12.6 Å². The summed E-state index contributed by atoms with van der Waals surface area (Å²) in [4.78, 5) is 42.5. The summed E-state index contributed by atoms with van der Waals surface area (Å²) in [5.74, 6) is -0.620. The van der Waals surface area contributed by atoms with Crippen molar-refractivity contribution in [2.75, 3.05) is 17.6 Å². The van der Waals surface area contributed by atoms with Gasteiger partial charge in [0.2, 0.25) is 5.91 Å². The van der Waals surface area contributed by atoms with Crippen molar-refractivity contribution >= 4 is 36.2 Å². The fraction of sp³-hybridized carbons (Fsp3) is 0.531. The van der Waals surface area contributed by atoms with Crippen molar-refractivity contribution in [3.05, 3.63) is 64.7 Å². The molecular formula is C32H47N3O4S. The first-order valence-corrected chi connectivity index (χ1v) is 14.9. The highest BCUT2D eigenvalue weighted by molar-refractivity contribution is 7.80. The van der Waals surface area contributed by atoms with Gasteiger partial charge in [-0.15, -0.1) is 0 Å². The number of para-hydroxylation sites is 1. The smallest absolute Gasteiger partial charge is 0.408 e. The molecule has 0 bridgehead atoms.